The standard InChI is InChI=1S/C18H20N2O3S/c1-13-3-5-14(6-4-13)12-24-10-9-19-17(21)16-8-7-15(11-20-16)18(22)23-2/h3-8,11H,9-10,12H2,1-2H3,(H,19,21). The van der Waals surface area contributed by atoms with Crippen molar-refractivity contribution in [2.75, 3.05) is 19.4 Å². The van der Waals surface area contributed by atoms with E-state index in [1.54, 1.807) is 11.8 Å². The number of aromatic nitrogens is 1. The first kappa shape index (κ1) is 18.0. The Bertz CT molecular complexity index is 684. The summed E-state index contributed by atoms with van der Waals surface area (Å²) in [6, 6.07) is 11.5. The van der Waals surface area contributed by atoms with E-state index in [-0.39, 0.29) is 11.6 Å². The van der Waals surface area contributed by atoms with Crippen molar-refractivity contribution < 1.29 is 14.3 Å². The molecule has 0 spiro atoms. The van der Waals surface area contributed by atoms with Gasteiger partial charge in [0.25, 0.3) is 5.91 Å². The molecule has 0 aliphatic carbocycles. The second-order valence-electron chi connectivity index (χ2n) is 5.22. The first-order valence-corrected chi connectivity index (χ1v) is 8.71. The number of thioether (sulfide) groups is 1. The fraction of sp³-hybridized carbons (Fsp3) is 0.278. The van der Waals surface area contributed by atoms with Crippen molar-refractivity contribution in [2.45, 2.75) is 12.7 Å². The van der Waals surface area contributed by atoms with E-state index in [4.69, 9.17) is 0 Å². The molecular formula is C18H20N2O3S. The molecule has 2 aromatic rings. The molecule has 0 fully saturated rings. The number of carbonyl (C=O) groups is 2. The molecule has 0 atom stereocenters. The summed E-state index contributed by atoms with van der Waals surface area (Å²) in [7, 11) is 1.30. The summed E-state index contributed by atoms with van der Waals surface area (Å²) in [5.74, 6) is 1.02. The number of hydrogen-bond acceptors (Lipinski definition) is 5. The van der Waals surface area contributed by atoms with Gasteiger partial charge in [-0.25, -0.2) is 4.79 Å². The van der Waals surface area contributed by atoms with Gasteiger partial charge < -0.3 is 10.1 Å². The van der Waals surface area contributed by atoms with E-state index in [1.807, 2.05) is 0 Å². The van der Waals surface area contributed by atoms with Crippen LogP contribution in [-0.2, 0) is 10.5 Å². The number of nitrogens with zero attached hydrogens (tertiary/aromatic N) is 1. The van der Waals surface area contributed by atoms with Crippen molar-refractivity contribution >= 4 is 23.6 Å². The number of carbonyl (C=O) groups excluding carboxylic acids is 2. The van der Waals surface area contributed by atoms with Crippen molar-refractivity contribution in [3.63, 3.8) is 0 Å². The minimum atomic E-state index is -0.470. The fourth-order valence-electron chi connectivity index (χ4n) is 1.97. The molecule has 0 saturated heterocycles. The number of nitrogens with one attached hydrogen (secondary N) is 1. The molecule has 2 rings (SSSR count). The van der Waals surface area contributed by atoms with Crippen LogP contribution >= 0.6 is 11.8 Å². The third-order valence-corrected chi connectivity index (χ3v) is 4.37. The SMILES string of the molecule is COC(=O)c1ccc(C(=O)NCCSCc2ccc(C)cc2)nc1. The lowest BCUT2D eigenvalue weighted by Gasteiger charge is -2.06. The first-order chi connectivity index (χ1) is 11.6. The van der Waals surface area contributed by atoms with Gasteiger partial charge in [-0.3, -0.25) is 9.78 Å². The van der Waals surface area contributed by atoms with Crippen LogP contribution in [0.3, 0.4) is 0 Å². The Morgan fingerprint density at radius 3 is 2.54 bits per heavy atom. The number of ether oxygens (including phenoxy) is 1. The van der Waals surface area contributed by atoms with Crippen LogP contribution in [0.5, 0.6) is 0 Å². The van der Waals surface area contributed by atoms with Crippen LogP contribution in [-0.4, -0.2) is 36.3 Å². The van der Waals surface area contributed by atoms with E-state index in [0.717, 1.165) is 11.5 Å². The van der Waals surface area contributed by atoms with Crippen molar-refractivity contribution in [1.29, 1.82) is 0 Å². The molecule has 5 nitrogen and oxygen atoms in total. The summed E-state index contributed by atoms with van der Waals surface area (Å²) >= 11 is 1.76. The Labute approximate surface area is 145 Å². The number of amides is 1. The zero-order chi connectivity index (χ0) is 17.4. The maximum absolute atomic E-state index is 12.0. The van der Waals surface area contributed by atoms with Crippen LogP contribution in [0.2, 0.25) is 0 Å². The molecule has 1 heterocycles. The lowest BCUT2D eigenvalue weighted by molar-refractivity contribution is 0.0599. The Hall–Kier alpha value is -2.34. The maximum Gasteiger partial charge on any atom is 0.339 e. The molecule has 1 N–H and O–H groups in total. The zero-order valence-electron chi connectivity index (χ0n) is 13.7. The van der Waals surface area contributed by atoms with E-state index < -0.39 is 5.97 Å². The highest BCUT2D eigenvalue weighted by molar-refractivity contribution is 7.98. The number of rotatable bonds is 7. The van der Waals surface area contributed by atoms with Crippen LogP contribution in [0.4, 0.5) is 0 Å². The summed E-state index contributed by atoms with van der Waals surface area (Å²) in [6.45, 7) is 2.63. The van der Waals surface area contributed by atoms with Crippen molar-refractivity contribution in [3.8, 4) is 0 Å². The van der Waals surface area contributed by atoms with E-state index in [2.05, 4.69) is 46.2 Å². The van der Waals surface area contributed by atoms with Crippen LogP contribution in [0.1, 0.15) is 32.0 Å². The van der Waals surface area contributed by atoms with Gasteiger partial charge in [0.05, 0.1) is 12.7 Å². The minimum absolute atomic E-state index is 0.248. The summed E-state index contributed by atoms with van der Waals surface area (Å²) < 4.78 is 4.59. The molecule has 0 aliphatic heterocycles. The lowest BCUT2D eigenvalue weighted by atomic mass is 10.2. The topological polar surface area (TPSA) is 68.3 Å². The third kappa shape index (κ3) is 5.38. The van der Waals surface area contributed by atoms with Crippen molar-refractivity contribution in [3.05, 3.63) is 65.0 Å². The van der Waals surface area contributed by atoms with Gasteiger partial charge in [0.2, 0.25) is 0 Å². The first-order valence-electron chi connectivity index (χ1n) is 7.56. The largest absolute Gasteiger partial charge is 0.465 e. The molecule has 0 radical (unpaired) electrons. The van der Waals surface area contributed by atoms with Gasteiger partial charge in [0, 0.05) is 24.2 Å². The number of pyridine rings is 1. The summed E-state index contributed by atoms with van der Waals surface area (Å²) in [6.07, 6.45) is 1.34. The van der Waals surface area contributed by atoms with E-state index >= 15 is 0 Å². The molecule has 0 saturated carbocycles. The molecule has 1 amide bonds. The highest BCUT2D eigenvalue weighted by Gasteiger charge is 2.09. The molecule has 24 heavy (non-hydrogen) atoms. The number of benzene rings is 1. The zero-order valence-corrected chi connectivity index (χ0v) is 14.6. The van der Waals surface area contributed by atoms with E-state index in [0.29, 0.717) is 12.1 Å². The van der Waals surface area contributed by atoms with Gasteiger partial charge in [0.15, 0.2) is 0 Å². The Balaban J connectivity index is 1.71. The van der Waals surface area contributed by atoms with Crippen molar-refractivity contribution in [2.24, 2.45) is 0 Å². The number of methoxy groups -OCH3 is 1. The Kier molecular flexibility index (Phi) is 6.81. The molecule has 1 aromatic heterocycles. The summed E-state index contributed by atoms with van der Waals surface area (Å²) in [5, 5.41) is 2.82. The normalized spacial score (nSPS) is 10.2. The summed E-state index contributed by atoms with van der Waals surface area (Å²) in [4.78, 5) is 27.3. The van der Waals surface area contributed by atoms with E-state index in [1.165, 1.54) is 36.6 Å². The van der Waals surface area contributed by atoms with Crippen LogP contribution < -0.4 is 5.32 Å². The second kappa shape index (κ2) is 9.08. The highest BCUT2D eigenvalue weighted by atomic mass is 32.2. The number of aryl methyl sites for hydroxylation is 1. The highest BCUT2D eigenvalue weighted by Crippen LogP contribution is 2.12. The van der Waals surface area contributed by atoms with Crippen LogP contribution in [0.15, 0.2) is 42.6 Å². The molecule has 1 aromatic carbocycles. The molecule has 6 heteroatoms. The monoisotopic (exact) mass is 344 g/mol. The average molecular weight is 344 g/mol. The molecule has 126 valence electrons. The van der Waals surface area contributed by atoms with Gasteiger partial charge in [-0.1, -0.05) is 29.8 Å². The number of hydrogen-bond donors (Lipinski definition) is 1. The van der Waals surface area contributed by atoms with Gasteiger partial charge in [-0.05, 0) is 24.6 Å². The predicted octanol–water partition coefficient (Wildman–Crippen LogP) is 2.84. The van der Waals surface area contributed by atoms with Gasteiger partial charge >= 0.3 is 5.97 Å². The molecule has 0 aliphatic rings. The smallest absolute Gasteiger partial charge is 0.339 e. The number of esters is 1. The summed E-state index contributed by atoms with van der Waals surface area (Å²) in [5.41, 5.74) is 3.13. The maximum atomic E-state index is 12.0. The van der Waals surface area contributed by atoms with Gasteiger partial charge in [-0.2, -0.15) is 11.8 Å². The van der Waals surface area contributed by atoms with Gasteiger partial charge in [0.1, 0.15) is 5.69 Å². The quantitative estimate of drug-likeness (QED) is 0.618. The van der Waals surface area contributed by atoms with E-state index in [9.17, 15) is 9.59 Å². The molecular weight excluding hydrogens is 324 g/mol. The Morgan fingerprint density at radius 2 is 1.92 bits per heavy atom. The lowest BCUT2D eigenvalue weighted by Crippen LogP contribution is -2.26. The second-order valence-corrected chi connectivity index (χ2v) is 6.32. The minimum Gasteiger partial charge on any atom is -0.465 e. The van der Waals surface area contributed by atoms with Crippen LogP contribution in [0.25, 0.3) is 0 Å². The average Bonchev–Trinajstić information content (AvgIpc) is 2.62. The van der Waals surface area contributed by atoms with Crippen molar-refractivity contribution in [1.82, 2.24) is 10.3 Å². The molecule has 0 unspecified atom stereocenters. The Morgan fingerprint density at radius 1 is 1.17 bits per heavy atom. The van der Waals surface area contributed by atoms with Gasteiger partial charge in [-0.15, -0.1) is 0 Å². The fourth-order valence-corrected chi connectivity index (χ4v) is 2.79. The van der Waals surface area contributed by atoms with Crippen LogP contribution in [0, 0.1) is 6.92 Å². The third-order valence-electron chi connectivity index (χ3n) is 3.34. The predicted molar refractivity (Wildman–Crippen MR) is 95.3 cm³/mol. The molecule has 0 bridgehead atoms.